The average molecular weight is 387 g/mol. The lowest BCUT2D eigenvalue weighted by molar-refractivity contribution is -0.145. The van der Waals surface area contributed by atoms with Gasteiger partial charge in [0.2, 0.25) is 0 Å². The minimum Gasteiger partial charge on any atom is -0.467 e. The number of nitrogens with one attached hydrogen (secondary N) is 1. The molecule has 0 bridgehead atoms. The van der Waals surface area contributed by atoms with E-state index >= 15 is 0 Å². The van der Waals surface area contributed by atoms with Crippen molar-refractivity contribution in [1.82, 2.24) is 5.32 Å². The van der Waals surface area contributed by atoms with Crippen molar-refractivity contribution < 1.29 is 31.7 Å². The van der Waals surface area contributed by atoms with Gasteiger partial charge in [-0.15, -0.1) is 0 Å². The molecule has 0 fully saturated rings. The van der Waals surface area contributed by atoms with Crippen LogP contribution in [0.4, 0.5) is 4.79 Å². The third kappa shape index (κ3) is 6.64. The zero-order valence-corrected chi connectivity index (χ0v) is 16.5. The number of carbonyl (C=O) groups excluding carboxylic acids is 2. The third-order valence-corrected chi connectivity index (χ3v) is 4.59. The van der Waals surface area contributed by atoms with Crippen LogP contribution in [-0.2, 0) is 28.6 Å². The van der Waals surface area contributed by atoms with Crippen molar-refractivity contribution in [2.45, 2.75) is 57.3 Å². The number of amides is 1. The van der Waals surface area contributed by atoms with Crippen molar-refractivity contribution in [1.29, 1.82) is 0 Å². The fourth-order valence-corrected chi connectivity index (χ4v) is 3.04. The molecule has 146 valence electrons. The van der Waals surface area contributed by atoms with E-state index in [-0.39, 0.29) is 4.90 Å². The maximum atomic E-state index is 12.4. The van der Waals surface area contributed by atoms with Crippen LogP contribution < -0.4 is 5.32 Å². The average Bonchev–Trinajstić information content (AvgIpc) is 2.50. The first-order valence-electron chi connectivity index (χ1n) is 7.93. The predicted octanol–water partition coefficient (Wildman–Crippen LogP) is 2.16. The summed E-state index contributed by atoms with van der Waals surface area (Å²) in [7, 11) is -3.02. The van der Waals surface area contributed by atoms with Gasteiger partial charge in [0.15, 0.2) is 6.04 Å². The second kappa shape index (κ2) is 8.50. The molecule has 9 heteroatoms. The molecule has 0 aliphatic rings. The quantitative estimate of drug-likeness (QED) is 0.588. The summed E-state index contributed by atoms with van der Waals surface area (Å²) in [5, 5.41) is 2.28. The summed E-state index contributed by atoms with van der Waals surface area (Å²) in [6.45, 7) is 8.12. The van der Waals surface area contributed by atoms with Gasteiger partial charge >= 0.3 is 12.1 Å². The number of aryl methyl sites for hydroxylation is 1. The first-order valence-corrected chi connectivity index (χ1v) is 9.34. The van der Waals surface area contributed by atoms with E-state index in [0.29, 0.717) is 0 Å². The molecule has 0 spiro atoms. The number of alkyl carbamates (subject to hydrolysis) is 1. The van der Waals surface area contributed by atoms with E-state index in [1.54, 1.807) is 32.9 Å². The van der Waals surface area contributed by atoms with E-state index in [4.69, 9.17) is 8.92 Å². The first-order chi connectivity index (χ1) is 11.9. The molecule has 0 radical (unpaired) electrons. The molecule has 2 atom stereocenters. The van der Waals surface area contributed by atoms with Gasteiger partial charge in [-0.25, -0.2) is 9.59 Å². The topological polar surface area (TPSA) is 108 Å². The lowest BCUT2D eigenvalue weighted by Gasteiger charge is -2.25. The van der Waals surface area contributed by atoms with Crippen LogP contribution in [-0.4, -0.2) is 45.3 Å². The zero-order valence-electron chi connectivity index (χ0n) is 15.7. The van der Waals surface area contributed by atoms with Crippen LogP contribution in [0.1, 0.15) is 33.3 Å². The molecule has 2 unspecified atom stereocenters. The highest BCUT2D eigenvalue weighted by atomic mass is 32.2. The van der Waals surface area contributed by atoms with Gasteiger partial charge in [-0.2, -0.15) is 8.42 Å². The highest BCUT2D eigenvalue weighted by molar-refractivity contribution is 7.86. The summed E-state index contributed by atoms with van der Waals surface area (Å²) in [5.41, 5.74) is 0.0963. The fourth-order valence-electron chi connectivity index (χ4n) is 1.95. The lowest BCUT2D eigenvalue weighted by Crippen LogP contribution is -2.51. The second-order valence-corrected chi connectivity index (χ2v) is 8.29. The Morgan fingerprint density at radius 3 is 2.12 bits per heavy atom. The fraction of sp³-hybridized carbons (Fsp3) is 0.529. The summed E-state index contributed by atoms with van der Waals surface area (Å²) in [6, 6.07) is 4.67. The van der Waals surface area contributed by atoms with Gasteiger partial charge in [-0.1, -0.05) is 17.7 Å². The largest absolute Gasteiger partial charge is 0.467 e. The molecule has 0 aliphatic carbocycles. The molecule has 1 rings (SSSR count). The van der Waals surface area contributed by atoms with E-state index in [2.05, 4.69) is 10.1 Å². The zero-order chi connectivity index (χ0) is 20.1. The molecule has 1 aromatic carbocycles. The monoisotopic (exact) mass is 387 g/mol. The van der Waals surface area contributed by atoms with Gasteiger partial charge in [0.25, 0.3) is 10.1 Å². The Morgan fingerprint density at radius 1 is 1.12 bits per heavy atom. The van der Waals surface area contributed by atoms with Crippen LogP contribution in [0.3, 0.4) is 0 Å². The molecule has 0 aromatic heterocycles. The number of methoxy groups -OCH3 is 1. The SMILES string of the molecule is COC(=O)C(NC(=O)OC(C)(C)C)C(C)OS(=O)(=O)c1ccc(C)cc1. The van der Waals surface area contributed by atoms with E-state index in [9.17, 15) is 18.0 Å². The van der Waals surface area contributed by atoms with Crippen molar-refractivity contribution in [2.75, 3.05) is 7.11 Å². The summed E-state index contributed by atoms with van der Waals surface area (Å²) in [5.74, 6) is -0.859. The predicted molar refractivity (Wildman–Crippen MR) is 94.1 cm³/mol. The first kappa shape index (κ1) is 21.9. The minimum atomic E-state index is -4.13. The van der Waals surface area contributed by atoms with E-state index in [1.165, 1.54) is 19.1 Å². The molecule has 0 aliphatic heterocycles. The van der Waals surface area contributed by atoms with Gasteiger partial charge in [-0.05, 0) is 46.8 Å². The van der Waals surface area contributed by atoms with Crippen molar-refractivity contribution >= 4 is 22.2 Å². The normalized spacial score (nSPS) is 14.2. The van der Waals surface area contributed by atoms with Gasteiger partial charge in [0, 0.05) is 0 Å². The van der Waals surface area contributed by atoms with Gasteiger partial charge < -0.3 is 14.8 Å². The third-order valence-electron chi connectivity index (χ3n) is 3.18. The van der Waals surface area contributed by atoms with Crippen molar-refractivity contribution in [3.8, 4) is 0 Å². The van der Waals surface area contributed by atoms with Crippen LogP contribution in [0.5, 0.6) is 0 Å². The second-order valence-electron chi connectivity index (χ2n) is 6.72. The smallest absolute Gasteiger partial charge is 0.408 e. The number of hydrogen-bond donors (Lipinski definition) is 1. The standard InChI is InChI=1S/C17H25NO7S/c1-11-7-9-13(10-8-11)26(21,22)25-12(2)14(15(19)23-6)18-16(20)24-17(3,4)5/h7-10,12,14H,1-6H3,(H,18,20). The van der Waals surface area contributed by atoms with E-state index in [0.717, 1.165) is 12.7 Å². The highest BCUT2D eigenvalue weighted by Gasteiger charge is 2.34. The van der Waals surface area contributed by atoms with Crippen LogP contribution >= 0.6 is 0 Å². The molecule has 1 amide bonds. The number of rotatable bonds is 6. The maximum absolute atomic E-state index is 12.4. The van der Waals surface area contributed by atoms with E-state index < -0.39 is 39.9 Å². The lowest BCUT2D eigenvalue weighted by atomic mass is 10.2. The summed E-state index contributed by atoms with van der Waals surface area (Å²) in [6.07, 6.45) is -2.11. The Bertz CT molecular complexity index is 735. The Balaban J connectivity index is 2.95. The number of esters is 1. The van der Waals surface area contributed by atoms with Gasteiger partial charge in [0.05, 0.1) is 12.0 Å². The van der Waals surface area contributed by atoms with Crippen molar-refractivity contribution in [2.24, 2.45) is 0 Å². The summed E-state index contributed by atoms with van der Waals surface area (Å²) < 4.78 is 39.5. The molecule has 1 aromatic rings. The molecular weight excluding hydrogens is 362 g/mol. The Kier molecular flexibility index (Phi) is 7.16. The minimum absolute atomic E-state index is 0.0594. The molecule has 0 saturated carbocycles. The number of ether oxygens (including phenoxy) is 2. The van der Waals surface area contributed by atoms with Crippen LogP contribution in [0.2, 0.25) is 0 Å². The molecule has 1 N–H and O–H groups in total. The van der Waals surface area contributed by atoms with Crippen molar-refractivity contribution in [3.63, 3.8) is 0 Å². The van der Waals surface area contributed by atoms with Crippen molar-refractivity contribution in [3.05, 3.63) is 29.8 Å². The van der Waals surface area contributed by atoms with Gasteiger partial charge in [-0.3, -0.25) is 4.18 Å². The number of carbonyl (C=O) groups is 2. The Morgan fingerprint density at radius 2 is 1.65 bits per heavy atom. The molecule has 0 saturated heterocycles. The van der Waals surface area contributed by atoms with Crippen LogP contribution in [0.25, 0.3) is 0 Å². The molecular formula is C17H25NO7S. The summed E-state index contributed by atoms with van der Waals surface area (Å²) >= 11 is 0. The molecule has 8 nitrogen and oxygen atoms in total. The molecule has 0 heterocycles. The molecule has 26 heavy (non-hydrogen) atoms. The number of hydrogen-bond acceptors (Lipinski definition) is 7. The van der Waals surface area contributed by atoms with Crippen LogP contribution in [0, 0.1) is 6.92 Å². The Hall–Kier alpha value is -2.13. The maximum Gasteiger partial charge on any atom is 0.408 e. The number of benzene rings is 1. The van der Waals surface area contributed by atoms with Crippen LogP contribution in [0.15, 0.2) is 29.2 Å². The summed E-state index contributed by atoms with van der Waals surface area (Å²) in [4.78, 5) is 23.8. The highest BCUT2D eigenvalue weighted by Crippen LogP contribution is 2.17. The Labute approximate surface area is 153 Å². The van der Waals surface area contributed by atoms with E-state index in [1.807, 2.05) is 6.92 Å². The van der Waals surface area contributed by atoms with Gasteiger partial charge in [0.1, 0.15) is 11.7 Å².